The summed E-state index contributed by atoms with van der Waals surface area (Å²) >= 11 is 9.13. The Bertz CT molecular complexity index is 374. The van der Waals surface area contributed by atoms with Gasteiger partial charge in [-0.2, -0.15) is 0 Å². The van der Waals surface area contributed by atoms with E-state index in [1.54, 1.807) is 12.1 Å². The van der Waals surface area contributed by atoms with Gasteiger partial charge >= 0.3 is 0 Å². The van der Waals surface area contributed by atoms with E-state index < -0.39 is 0 Å². The van der Waals surface area contributed by atoms with Crippen molar-refractivity contribution in [2.24, 2.45) is 0 Å². The van der Waals surface area contributed by atoms with E-state index in [-0.39, 0.29) is 5.91 Å². The maximum atomic E-state index is 11.6. The molecule has 0 saturated heterocycles. The summed E-state index contributed by atoms with van der Waals surface area (Å²) in [6.45, 7) is 2.02. The number of carbonyl (C=O) groups excluding carboxylic acids is 1. The largest absolute Gasteiger partial charge is 0.381 e. The molecule has 0 saturated carbocycles. The fourth-order valence-corrected chi connectivity index (χ4v) is 1.90. The second-order valence-corrected chi connectivity index (χ2v) is 5.04. The van der Waals surface area contributed by atoms with Crippen molar-refractivity contribution >= 4 is 33.4 Å². The molecule has 5 heteroatoms. The molecule has 1 aromatic rings. The highest BCUT2D eigenvalue weighted by atomic mass is 79.9. The molecule has 0 unspecified atom stereocenters. The minimum atomic E-state index is 0.0118. The average molecular weight is 335 g/mol. The Hall–Kier alpha value is -0.580. The molecule has 1 N–H and O–H groups in total. The number of halogens is 2. The zero-order valence-corrected chi connectivity index (χ0v) is 12.5. The average Bonchev–Trinajstić information content (AvgIpc) is 2.33. The highest BCUT2D eigenvalue weighted by Gasteiger charge is 2.02. The van der Waals surface area contributed by atoms with E-state index in [0.29, 0.717) is 31.2 Å². The van der Waals surface area contributed by atoms with Gasteiger partial charge in [-0.1, -0.05) is 39.7 Å². The van der Waals surface area contributed by atoms with Gasteiger partial charge < -0.3 is 10.1 Å². The second kappa shape index (κ2) is 9.36. The number of rotatable bonds is 8. The van der Waals surface area contributed by atoms with Crippen LogP contribution in [-0.4, -0.2) is 31.0 Å². The molecule has 1 amide bonds. The Balaban J connectivity index is 2.14. The highest BCUT2D eigenvalue weighted by Crippen LogP contribution is 2.10. The smallest absolute Gasteiger partial charge is 0.224 e. The molecule has 0 heterocycles. The minimum absolute atomic E-state index is 0.0118. The first-order chi connectivity index (χ1) is 8.72. The number of benzene rings is 1. The number of amides is 1. The van der Waals surface area contributed by atoms with E-state index >= 15 is 0 Å². The van der Waals surface area contributed by atoms with Crippen LogP contribution in [0, 0.1) is 0 Å². The van der Waals surface area contributed by atoms with Gasteiger partial charge in [-0.3, -0.25) is 4.79 Å². The molecule has 0 atom stereocenters. The Morgan fingerprint density at radius 3 is 2.94 bits per heavy atom. The number of nitrogens with one attached hydrogen (secondary N) is 1. The summed E-state index contributed by atoms with van der Waals surface area (Å²) in [5, 5.41) is 4.35. The minimum Gasteiger partial charge on any atom is -0.381 e. The number of carbonyl (C=O) groups is 1. The zero-order valence-electron chi connectivity index (χ0n) is 10.1. The van der Waals surface area contributed by atoms with Crippen molar-refractivity contribution in [2.45, 2.75) is 12.8 Å². The van der Waals surface area contributed by atoms with E-state index in [1.165, 1.54) is 0 Å². The van der Waals surface area contributed by atoms with Gasteiger partial charge in [0, 0.05) is 23.5 Å². The van der Waals surface area contributed by atoms with Crippen LogP contribution in [0.2, 0.25) is 5.02 Å². The lowest BCUT2D eigenvalue weighted by atomic mass is 10.1. The van der Waals surface area contributed by atoms with Gasteiger partial charge in [0.25, 0.3) is 0 Å². The third-order valence-electron chi connectivity index (χ3n) is 2.26. The van der Waals surface area contributed by atoms with Crippen LogP contribution < -0.4 is 5.32 Å². The van der Waals surface area contributed by atoms with Gasteiger partial charge in [-0.25, -0.2) is 0 Å². The maximum absolute atomic E-state index is 11.6. The first-order valence-corrected chi connectivity index (χ1v) is 7.37. The lowest BCUT2D eigenvalue weighted by molar-refractivity contribution is -0.120. The molecular formula is C13H17BrClNO2. The Morgan fingerprint density at radius 1 is 1.39 bits per heavy atom. The summed E-state index contributed by atoms with van der Waals surface area (Å²) in [7, 11) is 0. The van der Waals surface area contributed by atoms with E-state index in [1.807, 2.05) is 12.1 Å². The Kier molecular flexibility index (Phi) is 8.05. The first-order valence-electron chi connectivity index (χ1n) is 5.87. The molecule has 0 radical (unpaired) electrons. The van der Waals surface area contributed by atoms with Crippen molar-refractivity contribution in [3.8, 4) is 0 Å². The van der Waals surface area contributed by atoms with E-state index in [0.717, 1.165) is 17.3 Å². The standard InChI is InChI=1S/C13H17BrClNO2/c14-5-8-18-7-2-6-16-13(17)10-11-3-1-4-12(15)9-11/h1,3-4,9H,2,5-8,10H2,(H,16,17). The van der Waals surface area contributed by atoms with Gasteiger partial charge in [-0.05, 0) is 24.1 Å². The van der Waals surface area contributed by atoms with E-state index in [4.69, 9.17) is 16.3 Å². The lowest BCUT2D eigenvalue weighted by Gasteiger charge is -2.06. The third-order valence-corrected chi connectivity index (χ3v) is 2.82. The first kappa shape index (κ1) is 15.5. The topological polar surface area (TPSA) is 38.3 Å². The molecule has 3 nitrogen and oxygen atoms in total. The van der Waals surface area contributed by atoms with Crippen LogP contribution in [0.3, 0.4) is 0 Å². The molecule has 0 aliphatic carbocycles. The number of hydrogen-bond donors (Lipinski definition) is 1. The third kappa shape index (κ3) is 6.99. The summed E-state index contributed by atoms with van der Waals surface area (Å²) in [4.78, 5) is 11.6. The van der Waals surface area contributed by atoms with Crippen LogP contribution in [0.1, 0.15) is 12.0 Å². The zero-order chi connectivity index (χ0) is 13.2. The van der Waals surface area contributed by atoms with Crippen molar-refractivity contribution in [1.29, 1.82) is 0 Å². The molecule has 18 heavy (non-hydrogen) atoms. The van der Waals surface area contributed by atoms with Crippen molar-refractivity contribution in [2.75, 3.05) is 25.1 Å². The molecule has 0 spiro atoms. The summed E-state index contributed by atoms with van der Waals surface area (Å²) in [5.74, 6) is 0.0118. The molecule has 0 aromatic heterocycles. The number of ether oxygens (including phenoxy) is 1. The summed E-state index contributed by atoms with van der Waals surface area (Å²) in [6.07, 6.45) is 1.19. The van der Waals surface area contributed by atoms with Gasteiger partial charge in [0.1, 0.15) is 0 Å². The SMILES string of the molecule is O=C(Cc1cccc(Cl)c1)NCCCOCCBr. The molecule has 0 aliphatic heterocycles. The predicted molar refractivity (Wildman–Crippen MR) is 77.4 cm³/mol. The molecule has 0 bridgehead atoms. The van der Waals surface area contributed by atoms with Crippen molar-refractivity contribution in [3.05, 3.63) is 34.9 Å². The van der Waals surface area contributed by atoms with Crippen molar-refractivity contribution < 1.29 is 9.53 Å². The molecule has 0 aliphatic rings. The van der Waals surface area contributed by atoms with Crippen LogP contribution in [0.15, 0.2) is 24.3 Å². The fraction of sp³-hybridized carbons (Fsp3) is 0.462. The van der Waals surface area contributed by atoms with E-state index in [9.17, 15) is 4.79 Å². The van der Waals surface area contributed by atoms with Crippen LogP contribution >= 0.6 is 27.5 Å². The van der Waals surface area contributed by atoms with Gasteiger partial charge in [0.15, 0.2) is 0 Å². The van der Waals surface area contributed by atoms with E-state index in [2.05, 4.69) is 21.2 Å². The molecular weight excluding hydrogens is 318 g/mol. The molecule has 1 aromatic carbocycles. The normalized spacial score (nSPS) is 10.3. The van der Waals surface area contributed by atoms with Crippen molar-refractivity contribution in [3.63, 3.8) is 0 Å². The van der Waals surface area contributed by atoms with Gasteiger partial charge in [0.2, 0.25) is 5.91 Å². The summed E-state index contributed by atoms with van der Waals surface area (Å²) < 4.78 is 5.28. The second-order valence-electron chi connectivity index (χ2n) is 3.81. The molecule has 100 valence electrons. The lowest BCUT2D eigenvalue weighted by Crippen LogP contribution is -2.26. The molecule has 1 rings (SSSR count). The molecule has 0 fully saturated rings. The highest BCUT2D eigenvalue weighted by molar-refractivity contribution is 9.09. The van der Waals surface area contributed by atoms with Crippen LogP contribution in [0.5, 0.6) is 0 Å². The number of alkyl halides is 1. The Labute approximate surface area is 121 Å². The monoisotopic (exact) mass is 333 g/mol. The number of hydrogen-bond acceptors (Lipinski definition) is 2. The van der Waals surface area contributed by atoms with Crippen LogP contribution in [-0.2, 0) is 16.0 Å². The van der Waals surface area contributed by atoms with Gasteiger partial charge in [-0.15, -0.1) is 0 Å². The van der Waals surface area contributed by atoms with Crippen LogP contribution in [0.4, 0.5) is 0 Å². The summed E-state index contributed by atoms with van der Waals surface area (Å²) in [5.41, 5.74) is 0.926. The summed E-state index contributed by atoms with van der Waals surface area (Å²) in [6, 6.07) is 7.34. The fourth-order valence-electron chi connectivity index (χ4n) is 1.45. The van der Waals surface area contributed by atoms with Gasteiger partial charge in [0.05, 0.1) is 13.0 Å². The maximum Gasteiger partial charge on any atom is 0.224 e. The Morgan fingerprint density at radius 2 is 2.22 bits per heavy atom. The van der Waals surface area contributed by atoms with Crippen LogP contribution in [0.25, 0.3) is 0 Å². The predicted octanol–water partition coefficient (Wildman–Crippen LogP) is 2.80. The quantitative estimate of drug-likeness (QED) is 0.586. The van der Waals surface area contributed by atoms with Crippen molar-refractivity contribution in [1.82, 2.24) is 5.32 Å².